The summed E-state index contributed by atoms with van der Waals surface area (Å²) in [5.41, 5.74) is 1.78. The lowest BCUT2D eigenvalue weighted by molar-refractivity contribution is 0.0725. The number of esters is 2. The molecule has 0 aliphatic heterocycles. The molecule has 0 radical (unpaired) electrons. The zero-order valence-corrected chi connectivity index (χ0v) is 21.9. The van der Waals surface area contributed by atoms with E-state index in [9.17, 15) is 19.2 Å². The summed E-state index contributed by atoms with van der Waals surface area (Å²) in [7, 11) is 0. The SMILES string of the molecule is CC(=O)c1ccc(OC(=O)c2ccc(OCCOc3ccc(C(=O)Oc4ccc(C(C)=O)cc4)cc3)cc2)cc1. The third-order valence-electron chi connectivity index (χ3n) is 5.74. The van der Waals surface area contributed by atoms with Gasteiger partial charge in [-0.3, -0.25) is 9.59 Å². The van der Waals surface area contributed by atoms with E-state index in [-0.39, 0.29) is 24.8 Å². The lowest BCUT2D eigenvalue weighted by Crippen LogP contribution is -2.11. The van der Waals surface area contributed by atoms with Gasteiger partial charge in [0.25, 0.3) is 0 Å². The summed E-state index contributed by atoms with van der Waals surface area (Å²) in [6.07, 6.45) is 0. The van der Waals surface area contributed by atoms with Gasteiger partial charge in [-0.15, -0.1) is 0 Å². The highest BCUT2D eigenvalue weighted by molar-refractivity contribution is 5.95. The molecule has 0 saturated carbocycles. The van der Waals surface area contributed by atoms with Crippen LogP contribution in [-0.2, 0) is 0 Å². The number of hydrogen-bond acceptors (Lipinski definition) is 8. The Kier molecular flexibility index (Phi) is 9.04. The van der Waals surface area contributed by atoms with E-state index in [0.717, 1.165) is 0 Å². The molecule has 0 spiro atoms. The number of ketones is 2. The van der Waals surface area contributed by atoms with Crippen LogP contribution in [0.25, 0.3) is 0 Å². The molecule has 0 bridgehead atoms. The quantitative estimate of drug-likeness (QED) is 0.0993. The van der Waals surface area contributed by atoms with E-state index in [2.05, 4.69) is 0 Å². The topological polar surface area (TPSA) is 105 Å². The molecule has 0 N–H and O–H groups in total. The Balaban J connectivity index is 1.19. The molecule has 8 nitrogen and oxygen atoms in total. The summed E-state index contributed by atoms with van der Waals surface area (Å²) in [6, 6.07) is 25.7. The van der Waals surface area contributed by atoms with Crippen molar-refractivity contribution in [2.24, 2.45) is 0 Å². The van der Waals surface area contributed by atoms with Gasteiger partial charge in [0.1, 0.15) is 36.2 Å². The van der Waals surface area contributed by atoms with Gasteiger partial charge in [-0.25, -0.2) is 9.59 Å². The van der Waals surface area contributed by atoms with Gasteiger partial charge in [0.05, 0.1) is 11.1 Å². The van der Waals surface area contributed by atoms with E-state index < -0.39 is 11.9 Å². The van der Waals surface area contributed by atoms with Crippen molar-refractivity contribution in [1.29, 1.82) is 0 Å². The van der Waals surface area contributed by atoms with E-state index in [1.165, 1.54) is 13.8 Å². The highest BCUT2D eigenvalue weighted by Gasteiger charge is 2.11. The van der Waals surface area contributed by atoms with Crippen LogP contribution in [0.3, 0.4) is 0 Å². The van der Waals surface area contributed by atoms with Gasteiger partial charge in [-0.05, 0) is 111 Å². The first kappa shape index (κ1) is 27.8. The molecule has 40 heavy (non-hydrogen) atoms. The van der Waals surface area contributed by atoms with Gasteiger partial charge in [-0.2, -0.15) is 0 Å². The summed E-state index contributed by atoms with van der Waals surface area (Å²) >= 11 is 0. The monoisotopic (exact) mass is 538 g/mol. The van der Waals surface area contributed by atoms with Crippen molar-refractivity contribution >= 4 is 23.5 Å². The fraction of sp³-hybridized carbons (Fsp3) is 0.125. The third kappa shape index (κ3) is 7.64. The predicted octanol–water partition coefficient (Wildman–Crippen LogP) is 5.99. The first-order valence-electron chi connectivity index (χ1n) is 12.4. The fourth-order valence-electron chi connectivity index (χ4n) is 3.54. The molecule has 0 saturated heterocycles. The Morgan fingerprint density at radius 1 is 0.425 bits per heavy atom. The average molecular weight is 539 g/mol. The van der Waals surface area contributed by atoms with Gasteiger partial charge in [0.2, 0.25) is 0 Å². The number of benzene rings is 4. The number of ether oxygens (including phenoxy) is 4. The molecule has 202 valence electrons. The van der Waals surface area contributed by atoms with E-state index in [4.69, 9.17) is 18.9 Å². The zero-order chi connectivity index (χ0) is 28.5. The molecule has 4 aromatic carbocycles. The summed E-state index contributed by atoms with van der Waals surface area (Å²) in [6.45, 7) is 3.45. The molecule has 0 aromatic heterocycles. The Bertz CT molecular complexity index is 1370. The first-order valence-corrected chi connectivity index (χ1v) is 12.4. The van der Waals surface area contributed by atoms with Gasteiger partial charge < -0.3 is 18.9 Å². The van der Waals surface area contributed by atoms with Crippen LogP contribution >= 0.6 is 0 Å². The highest BCUT2D eigenvalue weighted by Crippen LogP contribution is 2.19. The van der Waals surface area contributed by atoms with Gasteiger partial charge in [-0.1, -0.05) is 0 Å². The molecule has 4 aromatic rings. The van der Waals surface area contributed by atoms with E-state index >= 15 is 0 Å². The number of Topliss-reactive ketones (excluding diaryl/α,β-unsaturated/α-hetero) is 2. The molecule has 0 atom stereocenters. The van der Waals surface area contributed by atoms with Crippen molar-refractivity contribution in [3.63, 3.8) is 0 Å². The van der Waals surface area contributed by atoms with Crippen molar-refractivity contribution < 1.29 is 38.1 Å². The second kappa shape index (κ2) is 13.0. The minimum absolute atomic E-state index is 0.0647. The fourth-order valence-corrected chi connectivity index (χ4v) is 3.54. The van der Waals surface area contributed by atoms with Crippen LogP contribution in [0, 0.1) is 0 Å². The van der Waals surface area contributed by atoms with Crippen molar-refractivity contribution in [1.82, 2.24) is 0 Å². The standard InChI is InChI=1S/C32H26O8/c1-21(33)23-3-15-29(16-4-23)39-31(35)25-7-11-27(12-8-25)37-19-20-38-28-13-9-26(10-14-28)32(36)40-30-17-5-24(6-18-30)22(2)34/h3-18H,19-20H2,1-2H3. The van der Waals surface area contributed by atoms with Crippen molar-refractivity contribution in [3.05, 3.63) is 119 Å². The van der Waals surface area contributed by atoms with Crippen LogP contribution < -0.4 is 18.9 Å². The van der Waals surface area contributed by atoms with Gasteiger partial charge >= 0.3 is 11.9 Å². The maximum Gasteiger partial charge on any atom is 0.343 e. The number of rotatable bonds is 11. The summed E-state index contributed by atoms with van der Waals surface area (Å²) < 4.78 is 22.0. The third-order valence-corrected chi connectivity index (χ3v) is 5.74. The van der Waals surface area contributed by atoms with E-state index in [0.29, 0.717) is 45.3 Å². The largest absolute Gasteiger partial charge is 0.490 e. The zero-order valence-electron chi connectivity index (χ0n) is 21.9. The Morgan fingerprint density at radius 3 is 1.00 bits per heavy atom. The van der Waals surface area contributed by atoms with Crippen LogP contribution in [0.5, 0.6) is 23.0 Å². The Labute approximate surface area is 231 Å². The molecule has 0 fully saturated rings. The van der Waals surface area contributed by atoms with Crippen LogP contribution in [0.15, 0.2) is 97.1 Å². The lowest BCUT2D eigenvalue weighted by Gasteiger charge is -2.10. The van der Waals surface area contributed by atoms with Gasteiger partial charge in [0, 0.05) is 11.1 Å². The Hall–Kier alpha value is -5.24. The second-order valence-electron chi connectivity index (χ2n) is 8.69. The smallest absolute Gasteiger partial charge is 0.343 e. The predicted molar refractivity (Wildman–Crippen MR) is 147 cm³/mol. The minimum Gasteiger partial charge on any atom is -0.490 e. The van der Waals surface area contributed by atoms with Crippen molar-refractivity contribution in [2.45, 2.75) is 13.8 Å². The van der Waals surface area contributed by atoms with E-state index in [1.807, 2.05) is 0 Å². The van der Waals surface area contributed by atoms with Crippen LogP contribution in [-0.4, -0.2) is 36.7 Å². The number of hydrogen-bond donors (Lipinski definition) is 0. The van der Waals surface area contributed by atoms with Crippen LogP contribution in [0.4, 0.5) is 0 Å². The molecule has 0 aliphatic carbocycles. The second-order valence-corrected chi connectivity index (χ2v) is 8.69. The molecule has 8 heteroatoms. The summed E-state index contributed by atoms with van der Waals surface area (Å²) in [5, 5.41) is 0. The molecular formula is C32H26O8. The molecule has 0 aliphatic rings. The maximum atomic E-state index is 12.4. The van der Waals surface area contributed by atoms with Crippen molar-refractivity contribution in [3.8, 4) is 23.0 Å². The Morgan fingerprint density at radius 2 is 0.700 bits per heavy atom. The highest BCUT2D eigenvalue weighted by atomic mass is 16.5. The molecule has 0 unspecified atom stereocenters. The summed E-state index contributed by atoms with van der Waals surface area (Å²) in [5.74, 6) is 0.624. The van der Waals surface area contributed by atoms with Crippen molar-refractivity contribution in [2.75, 3.05) is 13.2 Å². The van der Waals surface area contributed by atoms with E-state index in [1.54, 1.807) is 97.1 Å². The lowest BCUT2D eigenvalue weighted by atomic mass is 10.1. The number of carbonyl (C=O) groups excluding carboxylic acids is 4. The molecule has 0 amide bonds. The number of carbonyl (C=O) groups is 4. The first-order chi connectivity index (χ1) is 19.3. The molecular weight excluding hydrogens is 512 g/mol. The molecule has 0 heterocycles. The maximum absolute atomic E-state index is 12.4. The normalized spacial score (nSPS) is 10.3. The van der Waals surface area contributed by atoms with Crippen LogP contribution in [0.2, 0.25) is 0 Å². The minimum atomic E-state index is -0.524. The van der Waals surface area contributed by atoms with Gasteiger partial charge in [0.15, 0.2) is 11.6 Å². The summed E-state index contributed by atoms with van der Waals surface area (Å²) in [4.78, 5) is 47.4. The molecule has 4 rings (SSSR count). The van der Waals surface area contributed by atoms with Crippen LogP contribution in [0.1, 0.15) is 55.3 Å². The average Bonchev–Trinajstić information content (AvgIpc) is 2.96.